The highest BCUT2D eigenvalue weighted by Gasteiger charge is 2.13. The summed E-state index contributed by atoms with van der Waals surface area (Å²) >= 11 is 1.78. The van der Waals surface area contributed by atoms with Crippen LogP contribution >= 0.6 is 24.2 Å². The molecular weight excluding hydrogens is 324 g/mol. The lowest BCUT2D eigenvalue weighted by Crippen LogP contribution is -2.01. The third-order valence-corrected chi connectivity index (χ3v) is 5.78. The molecule has 0 saturated carbocycles. The Kier molecular flexibility index (Phi) is 5.43. The number of benzene rings is 2. The van der Waals surface area contributed by atoms with Crippen molar-refractivity contribution in [3.8, 4) is 0 Å². The second-order valence-corrected chi connectivity index (χ2v) is 6.92. The van der Waals surface area contributed by atoms with E-state index < -0.39 is 0 Å². The molecule has 2 aromatic carbocycles. The topological polar surface area (TPSA) is 28.7 Å². The molecule has 0 atom stereocenters. The number of aromatic nitrogens is 2. The first-order valence-electron chi connectivity index (χ1n) is 7.62. The number of nitrogens with one attached hydrogen (secondary N) is 1. The smallest absolute Gasteiger partial charge is 0.166 e. The molecule has 23 heavy (non-hydrogen) atoms. The molecule has 0 aliphatic carbocycles. The summed E-state index contributed by atoms with van der Waals surface area (Å²) in [5.41, 5.74) is 10.7. The van der Waals surface area contributed by atoms with E-state index in [1.54, 1.807) is 11.8 Å². The highest BCUT2D eigenvalue weighted by Crippen LogP contribution is 2.31. The molecule has 3 rings (SSSR count). The zero-order valence-electron chi connectivity index (χ0n) is 14.3. The standard InChI is InChI=1S/C19H22N2S.ClH/c1-11-12(2)14(4)16(15(5)13(11)3)10-22-19-20-17-8-6-7-9-18(17)21-19;/h6-9H,10H2,1-5H3,(H,20,21);1H. The predicted molar refractivity (Wildman–Crippen MR) is 103 cm³/mol. The first-order valence-corrected chi connectivity index (χ1v) is 8.61. The van der Waals surface area contributed by atoms with Gasteiger partial charge in [-0.25, -0.2) is 4.98 Å². The Balaban J connectivity index is 0.00000192. The molecule has 3 aromatic rings. The number of nitrogens with zero attached hydrogens (tertiary/aromatic N) is 1. The van der Waals surface area contributed by atoms with Crippen molar-refractivity contribution in [2.75, 3.05) is 0 Å². The van der Waals surface area contributed by atoms with Gasteiger partial charge in [-0.2, -0.15) is 0 Å². The fourth-order valence-corrected chi connectivity index (χ4v) is 3.99. The predicted octanol–water partition coefficient (Wildman–Crippen LogP) is 5.82. The van der Waals surface area contributed by atoms with E-state index in [4.69, 9.17) is 0 Å². The molecule has 1 aromatic heterocycles. The lowest BCUT2D eigenvalue weighted by molar-refractivity contribution is 1.07. The Labute approximate surface area is 148 Å². The van der Waals surface area contributed by atoms with Gasteiger partial charge in [-0.3, -0.25) is 0 Å². The summed E-state index contributed by atoms with van der Waals surface area (Å²) in [5.74, 6) is 0.958. The molecule has 0 aliphatic rings. The highest BCUT2D eigenvalue weighted by atomic mass is 35.5. The molecule has 0 amide bonds. The second kappa shape index (κ2) is 6.98. The van der Waals surface area contributed by atoms with Crippen molar-refractivity contribution in [3.63, 3.8) is 0 Å². The highest BCUT2D eigenvalue weighted by molar-refractivity contribution is 7.98. The van der Waals surface area contributed by atoms with Gasteiger partial charge in [0.1, 0.15) is 0 Å². The van der Waals surface area contributed by atoms with E-state index in [2.05, 4.69) is 50.7 Å². The number of imidazole rings is 1. The van der Waals surface area contributed by atoms with Gasteiger partial charge in [0, 0.05) is 5.75 Å². The summed E-state index contributed by atoms with van der Waals surface area (Å²) < 4.78 is 0. The number of aromatic amines is 1. The molecule has 1 heterocycles. The number of hydrogen-bond acceptors (Lipinski definition) is 2. The van der Waals surface area contributed by atoms with Crippen LogP contribution in [0.3, 0.4) is 0 Å². The normalized spacial score (nSPS) is 10.8. The number of para-hydroxylation sites is 2. The van der Waals surface area contributed by atoms with Gasteiger partial charge >= 0.3 is 0 Å². The van der Waals surface area contributed by atoms with Crippen molar-refractivity contribution < 1.29 is 0 Å². The van der Waals surface area contributed by atoms with Crippen LogP contribution in [0, 0.1) is 34.6 Å². The van der Waals surface area contributed by atoms with Crippen molar-refractivity contribution in [2.24, 2.45) is 0 Å². The van der Waals surface area contributed by atoms with E-state index in [0.29, 0.717) is 0 Å². The van der Waals surface area contributed by atoms with Gasteiger partial charge in [0.25, 0.3) is 0 Å². The van der Waals surface area contributed by atoms with Gasteiger partial charge in [-0.05, 0) is 80.1 Å². The molecule has 0 spiro atoms. The van der Waals surface area contributed by atoms with Crippen molar-refractivity contribution >= 4 is 35.2 Å². The Bertz CT molecular complexity index is 790. The van der Waals surface area contributed by atoms with Gasteiger partial charge in [-0.15, -0.1) is 12.4 Å². The zero-order chi connectivity index (χ0) is 15.9. The molecule has 0 fully saturated rings. The van der Waals surface area contributed by atoms with Gasteiger partial charge < -0.3 is 4.98 Å². The lowest BCUT2D eigenvalue weighted by Gasteiger charge is -2.18. The van der Waals surface area contributed by atoms with Crippen molar-refractivity contribution in [1.82, 2.24) is 9.97 Å². The van der Waals surface area contributed by atoms with Gasteiger partial charge in [0.15, 0.2) is 5.16 Å². The molecule has 122 valence electrons. The average molecular weight is 347 g/mol. The van der Waals surface area contributed by atoms with E-state index in [0.717, 1.165) is 21.9 Å². The molecule has 2 nitrogen and oxygen atoms in total. The fraction of sp³-hybridized carbons (Fsp3) is 0.316. The molecular formula is C19H23ClN2S. The van der Waals surface area contributed by atoms with Gasteiger partial charge in [0.2, 0.25) is 0 Å². The van der Waals surface area contributed by atoms with Crippen molar-refractivity contribution in [1.29, 1.82) is 0 Å². The number of fused-ring (bicyclic) bond motifs is 1. The van der Waals surface area contributed by atoms with Crippen LogP contribution in [0.4, 0.5) is 0 Å². The third-order valence-electron chi connectivity index (χ3n) is 4.88. The molecule has 0 unspecified atom stereocenters. The maximum atomic E-state index is 4.66. The molecule has 0 saturated heterocycles. The van der Waals surface area contributed by atoms with Gasteiger partial charge in [0.05, 0.1) is 11.0 Å². The van der Waals surface area contributed by atoms with Crippen molar-refractivity contribution in [3.05, 3.63) is 57.6 Å². The first kappa shape index (κ1) is 17.9. The summed E-state index contributed by atoms with van der Waals surface area (Å²) in [5, 5.41) is 0.996. The second-order valence-electron chi connectivity index (χ2n) is 5.95. The number of H-pyrrole nitrogens is 1. The summed E-state index contributed by atoms with van der Waals surface area (Å²) in [6, 6.07) is 8.18. The number of thioether (sulfide) groups is 1. The zero-order valence-corrected chi connectivity index (χ0v) is 15.9. The van der Waals surface area contributed by atoms with Gasteiger partial charge in [-0.1, -0.05) is 23.9 Å². The maximum absolute atomic E-state index is 4.66. The van der Waals surface area contributed by atoms with Crippen LogP contribution in [0.2, 0.25) is 0 Å². The summed E-state index contributed by atoms with van der Waals surface area (Å²) in [4.78, 5) is 8.05. The minimum atomic E-state index is 0. The van der Waals surface area contributed by atoms with Crippen LogP contribution in [0.25, 0.3) is 11.0 Å². The summed E-state index contributed by atoms with van der Waals surface area (Å²) in [7, 11) is 0. The fourth-order valence-electron chi connectivity index (χ4n) is 2.93. The Morgan fingerprint density at radius 2 is 1.43 bits per heavy atom. The van der Waals surface area contributed by atoms with Crippen molar-refractivity contribution in [2.45, 2.75) is 45.5 Å². The maximum Gasteiger partial charge on any atom is 0.166 e. The SMILES string of the molecule is Cc1c(C)c(C)c(CSc2nc3ccccc3[nH]2)c(C)c1C.Cl. The molecule has 4 heteroatoms. The summed E-state index contributed by atoms with van der Waals surface area (Å²) in [6.07, 6.45) is 0. The van der Waals surface area contributed by atoms with E-state index >= 15 is 0 Å². The van der Waals surface area contributed by atoms with E-state index in [-0.39, 0.29) is 12.4 Å². The van der Waals surface area contributed by atoms with E-state index in [9.17, 15) is 0 Å². The molecule has 0 aliphatic heterocycles. The third kappa shape index (κ3) is 3.26. The average Bonchev–Trinajstić information content (AvgIpc) is 2.94. The first-order chi connectivity index (χ1) is 10.5. The summed E-state index contributed by atoms with van der Waals surface area (Å²) in [6.45, 7) is 11.2. The van der Waals surface area contributed by atoms with Crippen LogP contribution < -0.4 is 0 Å². The number of rotatable bonds is 3. The quantitative estimate of drug-likeness (QED) is 0.605. The minimum Gasteiger partial charge on any atom is -0.333 e. The van der Waals surface area contributed by atoms with E-state index in [1.165, 1.54) is 33.4 Å². The van der Waals surface area contributed by atoms with E-state index in [1.807, 2.05) is 18.2 Å². The molecule has 0 radical (unpaired) electrons. The number of hydrogen-bond donors (Lipinski definition) is 1. The van der Waals surface area contributed by atoms with Crippen LogP contribution in [0.5, 0.6) is 0 Å². The van der Waals surface area contributed by atoms with Crippen LogP contribution in [-0.2, 0) is 5.75 Å². The Hall–Kier alpha value is -1.45. The Morgan fingerprint density at radius 3 is 2.04 bits per heavy atom. The van der Waals surface area contributed by atoms with Crippen LogP contribution in [0.15, 0.2) is 29.4 Å². The minimum absolute atomic E-state index is 0. The van der Waals surface area contributed by atoms with Crippen LogP contribution in [0.1, 0.15) is 33.4 Å². The number of halogens is 1. The molecule has 0 bridgehead atoms. The molecule has 1 N–H and O–H groups in total. The largest absolute Gasteiger partial charge is 0.333 e. The van der Waals surface area contributed by atoms with Crippen LogP contribution in [-0.4, -0.2) is 9.97 Å². The monoisotopic (exact) mass is 346 g/mol. The Morgan fingerprint density at radius 1 is 0.870 bits per heavy atom. The lowest BCUT2D eigenvalue weighted by atomic mass is 9.90.